The lowest BCUT2D eigenvalue weighted by Gasteiger charge is -2.32. The highest BCUT2D eigenvalue weighted by Crippen LogP contribution is 2.43. The van der Waals surface area contributed by atoms with Gasteiger partial charge in [-0.1, -0.05) is 0 Å². The van der Waals surface area contributed by atoms with E-state index in [9.17, 15) is 9.59 Å². The number of esters is 1. The van der Waals surface area contributed by atoms with E-state index in [-0.39, 0.29) is 12.4 Å². The molecule has 2 aliphatic rings. The number of fused-ring (bicyclic) bond motifs is 3. The fourth-order valence-corrected chi connectivity index (χ4v) is 3.64. The highest BCUT2D eigenvalue weighted by atomic mass is 16.6. The molecule has 4 rings (SSSR count). The summed E-state index contributed by atoms with van der Waals surface area (Å²) in [6, 6.07) is 7.02. The molecule has 0 aliphatic carbocycles. The van der Waals surface area contributed by atoms with Gasteiger partial charge in [0.05, 0.1) is 19.3 Å². The summed E-state index contributed by atoms with van der Waals surface area (Å²) in [6.07, 6.45) is 4.67. The van der Waals surface area contributed by atoms with Crippen molar-refractivity contribution in [2.24, 2.45) is 4.99 Å². The predicted octanol–water partition coefficient (Wildman–Crippen LogP) is 3.02. The number of nitrogens with one attached hydrogen (secondary N) is 1. The molecule has 9 heteroatoms. The Morgan fingerprint density at radius 2 is 2.06 bits per heavy atom. The van der Waals surface area contributed by atoms with Gasteiger partial charge in [0, 0.05) is 36.1 Å². The molecule has 9 nitrogen and oxygen atoms in total. The van der Waals surface area contributed by atoms with Crippen molar-refractivity contribution in [1.29, 1.82) is 0 Å². The number of amidine groups is 1. The summed E-state index contributed by atoms with van der Waals surface area (Å²) in [7, 11) is 1.52. The molecule has 2 aliphatic heterocycles. The zero-order valence-corrected chi connectivity index (χ0v) is 19.0. The molecule has 0 spiro atoms. The van der Waals surface area contributed by atoms with E-state index in [1.807, 2.05) is 11.0 Å². The van der Waals surface area contributed by atoms with E-state index >= 15 is 0 Å². The topological polar surface area (TPSA) is 102 Å². The first-order chi connectivity index (χ1) is 15.8. The van der Waals surface area contributed by atoms with Crippen LogP contribution in [-0.4, -0.2) is 59.9 Å². The molecule has 0 saturated carbocycles. The maximum atomic E-state index is 12.8. The maximum Gasteiger partial charge on any atom is 0.344 e. The van der Waals surface area contributed by atoms with Crippen molar-refractivity contribution in [2.75, 3.05) is 32.1 Å². The number of carbonyl (C=O) groups is 2. The van der Waals surface area contributed by atoms with Gasteiger partial charge in [0.1, 0.15) is 17.3 Å². The van der Waals surface area contributed by atoms with E-state index in [2.05, 4.69) is 15.3 Å². The molecule has 0 unspecified atom stereocenters. The summed E-state index contributed by atoms with van der Waals surface area (Å²) >= 11 is 0. The van der Waals surface area contributed by atoms with Crippen LogP contribution in [0, 0.1) is 0 Å². The highest BCUT2D eigenvalue weighted by Gasteiger charge is 2.33. The van der Waals surface area contributed by atoms with Gasteiger partial charge in [0.25, 0.3) is 0 Å². The molecule has 0 atom stereocenters. The van der Waals surface area contributed by atoms with Crippen LogP contribution in [0.25, 0.3) is 0 Å². The monoisotopic (exact) mass is 450 g/mol. The molecule has 1 aromatic heterocycles. The molecule has 0 fully saturated rings. The second-order valence-electron chi connectivity index (χ2n) is 8.51. The van der Waals surface area contributed by atoms with Crippen molar-refractivity contribution >= 4 is 23.3 Å². The Hall–Kier alpha value is -3.88. The van der Waals surface area contributed by atoms with E-state index in [1.165, 1.54) is 19.4 Å². The van der Waals surface area contributed by atoms with Crippen LogP contribution in [-0.2, 0) is 9.53 Å². The van der Waals surface area contributed by atoms with Gasteiger partial charge in [-0.05, 0) is 45.0 Å². The lowest BCUT2D eigenvalue weighted by atomic mass is 10.1. The molecule has 0 radical (unpaired) electrons. The average Bonchev–Trinajstić information content (AvgIpc) is 3.27. The number of pyridine rings is 1. The van der Waals surface area contributed by atoms with Crippen LogP contribution < -0.4 is 14.8 Å². The van der Waals surface area contributed by atoms with Crippen LogP contribution in [0.2, 0.25) is 0 Å². The Labute approximate surface area is 192 Å². The number of allylic oxidation sites excluding steroid dienone is 1. The van der Waals surface area contributed by atoms with Crippen molar-refractivity contribution in [1.82, 2.24) is 9.88 Å². The van der Waals surface area contributed by atoms with Crippen LogP contribution in [0.4, 0.5) is 5.69 Å². The minimum absolute atomic E-state index is 0.184. The second kappa shape index (κ2) is 8.93. The summed E-state index contributed by atoms with van der Waals surface area (Å²) in [4.78, 5) is 35.5. The van der Waals surface area contributed by atoms with Crippen molar-refractivity contribution in [2.45, 2.75) is 26.4 Å². The maximum absolute atomic E-state index is 12.8. The Balaban J connectivity index is 1.64. The first-order valence-corrected chi connectivity index (χ1v) is 10.6. The first kappa shape index (κ1) is 22.3. The van der Waals surface area contributed by atoms with Crippen LogP contribution in [0.3, 0.4) is 0 Å². The summed E-state index contributed by atoms with van der Waals surface area (Å²) in [5, 5.41) is 3.30. The number of rotatable bonds is 6. The van der Waals surface area contributed by atoms with E-state index in [4.69, 9.17) is 14.2 Å². The van der Waals surface area contributed by atoms with Gasteiger partial charge in [-0.15, -0.1) is 0 Å². The van der Waals surface area contributed by atoms with E-state index in [0.29, 0.717) is 41.7 Å². The van der Waals surface area contributed by atoms with Crippen molar-refractivity contribution in [3.05, 3.63) is 59.7 Å². The molecule has 1 aromatic carbocycles. The van der Waals surface area contributed by atoms with Crippen LogP contribution in [0.1, 0.15) is 36.7 Å². The average molecular weight is 450 g/mol. The number of methoxy groups -OCH3 is 1. The van der Waals surface area contributed by atoms with Gasteiger partial charge in [-0.25, -0.2) is 4.79 Å². The molecule has 33 heavy (non-hydrogen) atoms. The molecule has 1 N–H and O–H groups in total. The van der Waals surface area contributed by atoms with E-state index in [1.54, 1.807) is 45.2 Å². The molecule has 172 valence electrons. The number of carbonyl (C=O) groups excluding carboxylic acids is 2. The summed E-state index contributed by atoms with van der Waals surface area (Å²) in [5.74, 6) is 1.44. The number of anilines is 1. The molecule has 3 heterocycles. The van der Waals surface area contributed by atoms with Crippen molar-refractivity contribution in [3.63, 3.8) is 0 Å². The number of hydrogen-bond donors (Lipinski definition) is 1. The van der Waals surface area contributed by atoms with Gasteiger partial charge in [-0.3, -0.25) is 14.8 Å². The number of ether oxygens (including phenoxy) is 3. The fourth-order valence-electron chi connectivity index (χ4n) is 3.64. The zero-order valence-electron chi connectivity index (χ0n) is 19.0. The van der Waals surface area contributed by atoms with Crippen LogP contribution in [0.15, 0.2) is 53.5 Å². The van der Waals surface area contributed by atoms with Crippen LogP contribution >= 0.6 is 0 Å². The van der Waals surface area contributed by atoms with Crippen molar-refractivity contribution in [3.8, 4) is 11.5 Å². The standard InChI is InChI=1S/C24H26N4O5/c1-24(2,3)33-20(30)14-32-18-8-7-16-21(22(18)31-4)27-19(28-11-10-26-23(16)28)12-17(29)15-6-5-9-25-13-15/h5-9,12-13,27H,10-11,14H2,1-4H3. The number of ketones is 1. The number of hydrogen-bond acceptors (Lipinski definition) is 9. The van der Waals surface area contributed by atoms with Gasteiger partial charge in [-0.2, -0.15) is 0 Å². The zero-order chi connectivity index (χ0) is 23.6. The van der Waals surface area contributed by atoms with E-state index < -0.39 is 11.6 Å². The molecule has 0 amide bonds. The van der Waals surface area contributed by atoms with Crippen LogP contribution in [0.5, 0.6) is 11.5 Å². The summed E-state index contributed by atoms with van der Waals surface area (Å²) in [6.45, 7) is 6.37. The first-order valence-electron chi connectivity index (χ1n) is 10.6. The second-order valence-corrected chi connectivity index (χ2v) is 8.51. The van der Waals surface area contributed by atoms with Gasteiger partial charge in [0.15, 0.2) is 23.9 Å². The number of aliphatic imine (C=N–C) groups is 1. The summed E-state index contributed by atoms with van der Waals surface area (Å²) in [5.41, 5.74) is 1.31. The van der Waals surface area contributed by atoms with E-state index in [0.717, 1.165) is 11.4 Å². The van der Waals surface area contributed by atoms with Crippen molar-refractivity contribution < 1.29 is 23.8 Å². The minimum Gasteiger partial charge on any atom is -0.491 e. The third kappa shape index (κ3) is 4.82. The lowest BCUT2D eigenvalue weighted by molar-refractivity contribution is -0.157. The largest absolute Gasteiger partial charge is 0.491 e. The highest BCUT2D eigenvalue weighted by molar-refractivity contribution is 6.11. The number of aromatic nitrogens is 1. The van der Waals surface area contributed by atoms with Gasteiger partial charge in [0.2, 0.25) is 0 Å². The SMILES string of the molecule is COc1c(OCC(=O)OC(C)(C)C)ccc2c1NC(=CC(=O)c1cccnc1)N1CCN=C21. The number of benzene rings is 1. The Morgan fingerprint density at radius 1 is 1.24 bits per heavy atom. The predicted molar refractivity (Wildman–Crippen MR) is 123 cm³/mol. The minimum atomic E-state index is -0.605. The molecule has 2 aromatic rings. The Bertz CT molecular complexity index is 1140. The van der Waals surface area contributed by atoms with Gasteiger partial charge < -0.3 is 24.4 Å². The quantitative estimate of drug-likeness (QED) is 0.407. The Morgan fingerprint density at radius 3 is 2.76 bits per heavy atom. The number of nitrogens with zero attached hydrogens (tertiary/aromatic N) is 3. The molecular weight excluding hydrogens is 424 g/mol. The molecular formula is C24H26N4O5. The third-order valence-electron chi connectivity index (χ3n) is 4.93. The van der Waals surface area contributed by atoms with Gasteiger partial charge >= 0.3 is 5.97 Å². The summed E-state index contributed by atoms with van der Waals surface area (Å²) < 4.78 is 16.6. The molecule has 0 saturated heterocycles. The molecule has 0 bridgehead atoms. The fraction of sp³-hybridized carbons (Fsp3) is 0.333. The third-order valence-corrected chi connectivity index (χ3v) is 4.93. The lowest BCUT2D eigenvalue weighted by Crippen LogP contribution is -2.36. The Kier molecular flexibility index (Phi) is 6.04. The normalized spacial score (nSPS) is 15.8. The smallest absolute Gasteiger partial charge is 0.344 e.